The van der Waals surface area contributed by atoms with Gasteiger partial charge in [0, 0.05) is 17.6 Å². The van der Waals surface area contributed by atoms with Crippen molar-refractivity contribution in [1.29, 1.82) is 0 Å². The van der Waals surface area contributed by atoms with Gasteiger partial charge >= 0.3 is 6.09 Å². The molecule has 1 aromatic carbocycles. The molecule has 0 fully saturated rings. The number of rotatable bonds is 6. The summed E-state index contributed by atoms with van der Waals surface area (Å²) in [5.41, 5.74) is 0.346. The fourth-order valence-electron chi connectivity index (χ4n) is 2.10. The summed E-state index contributed by atoms with van der Waals surface area (Å²) >= 11 is 5.90. The minimum absolute atomic E-state index is 0.288. The fourth-order valence-corrected chi connectivity index (χ4v) is 2.23. The van der Waals surface area contributed by atoms with Crippen LogP contribution in [0.5, 0.6) is 0 Å². The van der Waals surface area contributed by atoms with Crippen LogP contribution in [0.15, 0.2) is 24.3 Å². The van der Waals surface area contributed by atoms with Gasteiger partial charge in [0.15, 0.2) is 0 Å². The van der Waals surface area contributed by atoms with E-state index < -0.39 is 17.2 Å². The van der Waals surface area contributed by atoms with Crippen LogP contribution in [-0.4, -0.2) is 29.8 Å². The van der Waals surface area contributed by atoms with Crippen molar-refractivity contribution in [3.05, 3.63) is 34.9 Å². The Morgan fingerprint density at radius 3 is 2.26 bits per heavy atom. The molecule has 1 aromatic rings. The van der Waals surface area contributed by atoms with E-state index in [1.54, 1.807) is 0 Å². The first-order valence-electron chi connectivity index (χ1n) is 7.96. The van der Waals surface area contributed by atoms with Crippen molar-refractivity contribution >= 4 is 17.7 Å². The van der Waals surface area contributed by atoms with E-state index in [0.29, 0.717) is 6.54 Å². The van der Waals surface area contributed by atoms with Crippen LogP contribution in [0.3, 0.4) is 0 Å². The fraction of sp³-hybridized carbons (Fsp3) is 0.611. The van der Waals surface area contributed by atoms with E-state index in [4.69, 9.17) is 16.3 Å². The third kappa shape index (κ3) is 8.82. The maximum Gasteiger partial charge on any atom is 0.408 e. The monoisotopic (exact) mass is 340 g/mol. The van der Waals surface area contributed by atoms with Gasteiger partial charge in [-0.2, -0.15) is 0 Å². The number of amides is 1. The normalized spacial score (nSPS) is 13.5. The molecule has 0 heterocycles. The van der Waals surface area contributed by atoms with Crippen LogP contribution in [0.1, 0.15) is 47.1 Å². The highest BCUT2D eigenvalue weighted by Crippen LogP contribution is 2.12. The van der Waals surface area contributed by atoms with Crippen LogP contribution < -0.4 is 10.6 Å². The molecule has 1 amide bonds. The maximum absolute atomic E-state index is 11.9. The molecule has 1 atom stereocenters. The Labute approximate surface area is 144 Å². The third-order valence-electron chi connectivity index (χ3n) is 3.19. The molecule has 0 aliphatic carbocycles. The zero-order chi connectivity index (χ0) is 17.7. The Morgan fingerprint density at radius 2 is 1.74 bits per heavy atom. The first-order chi connectivity index (χ1) is 10.5. The van der Waals surface area contributed by atoms with Gasteiger partial charge in [0.1, 0.15) is 5.60 Å². The lowest BCUT2D eigenvalue weighted by atomic mass is 10.0. The molecule has 0 saturated heterocycles. The van der Waals surface area contributed by atoms with E-state index in [-0.39, 0.29) is 6.04 Å². The topological polar surface area (TPSA) is 50.4 Å². The number of benzene rings is 1. The van der Waals surface area contributed by atoms with Crippen LogP contribution in [-0.2, 0) is 11.2 Å². The molecule has 0 aliphatic heterocycles. The maximum atomic E-state index is 11.9. The number of hydrogen-bond acceptors (Lipinski definition) is 3. The predicted octanol–water partition coefficient (Wildman–Crippen LogP) is 4.16. The van der Waals surface area contributed by atoms with Gasteiger partial charge in [-0.15, -0.1) is 0 Å². The molecule has 0 spiro atoms. The molecule has 0 aromatic heterocycles. The van der Waals surface area contributed by atoms with Crippen molar-refractivity contribution in [2.45, 2.75) is 65.1 Å². The quantitative estimate of drug-likeness (QED) is 0.817. The molecule has 4 nitrogen and oxygen atoms in total. The highest BCUT2D eigenvalue weighted by molar-refractivity contribution is 6.30. The summed E-state index contributed by atoms with van der Waals surface area (Å²) in [4.78, 5) is 11.9. The highest BCUT2D eigenvalue weighted by Gasteiger charge is 2.24. The Kier molecular flexibility index (Phi) is 6.90. The first kappa shape index (κ1) is 19.8. The molecule has 1 unspecified atom stereocenters. The summed E-state index contributed by atoms with van der Waals surface area (Å²) in [6.45, 7) is 12.3. The minimum atomic E-state index is -0.491. The minimum Gasteiger partial charge on any atom is -0.444 e. The second kappa shape index (κ2) is 8.02. The Morgan fingerprint density at radius 1 is 1.17 bits per heavy atom. The van der Waals surface area contributed by atoms with Gasteiger partial charge in [-0.25, -0.2) is 4.79 Å². The molecule has 2 N–H and O–H groups in total. The Bertz CT molecular complexity index is 507. The molecule has 0 saturated carbocycles. The summed E-state index contributed by atoms with van der Waals surface area (Å²) in [7, 11) is 0. The average molecular weight is 341 g/mol. The number of ether oxygens (including phenoxy) is 1. The van der Waals surface area contributed by atoms with Crippen molar-refractivity contribution in [2.24, 2.45) is 0 Å². The number of carbonyl (C=O) groups excluding carboxylic acids is 1. The van der Waals surface area contributed by atoms with Crippen molar-refractivity contribution < 1.29 is 9.53 Å². The second-order valence-corrected chi connectivity index (χ2v) is 8.06. The number of carbonyl (C=O) groups is 1. The van der Waals surface area contributed by atoms with Crippen LogP contribution in [0.4, 0.5) is 4.79 Å². The molecule has 0 bridgehead atoms. The zero-order valence-corrected chi connectivity index (χ0v) is 15.8. The summed E-state index contributed by atoms with van der Waals surface area (Å²) in [5.74, 6) is 0. The van der Waals surface area contributed by atoms with Gasteiger partial charge in [-0.1, -0.05) is 23.7 Å². The summed E-state index contributed by atoms with van der Waals surface area (Å²) in [6.07, 6.45) is 0.509. The lowest BCUT2D eigenvalue weighted by Crippen LogP contribution is -2.53. The standard InChI is InChI=1S/C18H29ClN2O2/c1-13(11-14-7-9-15(19)10-8-14)20-12-18(5,6)21-16(22)23-17(2,3)4/h7-10,13,20H,11-12H2,1-6H3,(H,21,22). The first-order valence-corrected chi connectivity index (χ1v) is 8.34. The van der Waals surface area contributed by atoms with Crippen molar-refractivity contribution in [2.75, 3.05) is 6.54 Å². The number of hydrogen-bond donors (Lipinski definition) is 2. The van der Waals surface area contributed by atoms with Gasteiger partial charge in [-0.05, 0) is 65.7 Å². The zero-order valence-electron chi connectivity index (χ0n) is 15.0. The molecule has 1 rings (SSSR count). The summed E-state index contributed by atoms with van der Waals surface area (Å²) < 4.78 is 5.30. The van der Waals surface area contributed by atoms with E-state index in [0.717, 1.165) is 11.4 Å². The van der Waals surface area contributed by atoms with E-state index in [1.807, 2.05) is 58.9 Å². The van der Waals surface area contributed by atoms with Gasteiger partial charge in [0.05, 0.1) is 5.54 Å². The largest absolute Gasteiger partial charge is 0.444 e. The molecule has 0 aliphatic rings. The molecule has 0 radical (unpaired) electrons. The van der Waals surface area contributed by atoms with Crippen molar-refractivity contribution in [3.63, 3.8) is 0 Å². The van der Waals surface area contributed by atoms with Gasteiger partial charge < -0.3 is 15.4 Å². The highest BCUT2D eigenvalue weighted by atomic mass is 35.5. The molecular weight excluding hydrogens is 312 g/mol. The third-order valence-corrected chi connectivity index (χ3v) is 3.44. The number of nitrogens with one attached hydrogen (secondary N) is 2. The lowest BCUT2D eigenvalue weighted by molar-refractivity contribution is 0.0471. The summed E-state index contributed by atoms with van der Waals surface area (Å²) in [5, 5.41) is 7.10. The smallest absolute Gasteiger partial charge is 0.408 e. The van der Waals surface area contributed by atoms with E-state index >= 15 is 0 Å². The summed E-state index contributed by atoms with van der Waals surface area (Å²) in [6, 6.07) is 8.15. The van der Waals surface area contributed by atoms with E-state index in [1.165, 1.54) is 5.56 Å². The SMILES string of the molecule is CC(Cc1ccc(Cl)cc1)NCC(C)(C)NC(=O)OC(C)(C)C. The van der Waals surface area contributed by atoms with Gasteiger partial charge in [0.2, 0.25) is 0 Å². The van der Waals surface area contributed by atoms with Crippen LogP contribution >= 0.6 is 11.6 Å². The molecular formula is C18H29ClN2O2. The van der Waals surface area contributed by atoms with Gasteiger partial charge in [-0.3, -0.25) is 0 Å². The number of halogens is 1. The van der Waals surface area contributed by atoms with Crippen molar-refractivity contribution in [3.8, 4) is 0 Å². The predicted molar refractivity (Wildman–Crippen MR) is 96.1 cm³/mol. The molecule has 5 heteroatoms. The van der Waals surface area contributed by atoms with Crippen LogP contribution in [0, 0.1) is 0 Å². The second-order valence-electron chi connectivity index (χ2n) is 7.62. The van der Waals surface area contributed by atoms with Crippen LogP contribution in [0.25, 0.3) is 0 Å². The average Bonchev–Trinajstić information content (AvgIpc) is 2.36. The van der Waals surface area contributed by atoms with E-state index in [2.05, 4.69) is 17.6 Å². The van der Waals surface area contributed by atoms with Gasteiger partial charge in [0.25, 0.3) is 0 Å². The Balaban J connectivity index is 2.42. The molecule has 130 valence electrons. The molecule has 23 heavy (non-hydrogen) atoms. The van der Waals surface area contributed by atoms with E-state index in [9.17, 15) is 4.79 Å². The van der Waals surface area contributed by atoms with Crippen LogP contribution in [0.2, 0.25) is 5.02 Å². The van der Waals surface area contributed by atoms with Crippen molar-refractivity contribution in [1.82, 2.24) is 10.6 Å². The lowest BCUT2D eigenvalue weighted by Gasteiger charge is -2.30. The number of alkyl carbamates (subject to hydrolysis) is 1. The Hall–Kier alpha value is -1.26.